The zero-order valence-corrected chi connectivity index (χ0v) is 13.9. The van der Waals surface area contributed by atoms with E-state index in [-0.39, 0.29) is 30.2 Å². The summed E-state index contributed by atoms with van der Waals surface area (Å²) in [6, 6.07) is 4.90. The number of aromatic nitrogens is 2. The number of hydrogen-bond acceptors (Lipinski definition) is 9. The zero-order chi connectivity index (χ0) is 18.0. The van der Waals surface area contributed by atoms with Gasteiger partial charge in [0.05, 0.1) is 12.4 Å². The minimum absolute atomic E-state index is 0.0309. The lowest BCUT2D eigenvalue weighted by atomic mass is 9.72. The first-order valence-corrected chi connectivity index (χ1v) is 8.43. The number of nitrogens with two attached hydrogens (primary N) is 1. The molecule has 2 aromatic rings. The molecule has 1 aromatic carbocycles. The van der Waals surface area contributed by atoms with Crippen molar-refractivity contribution in [1.29, 1.82) is 0 Å². The number of nitrogens with zero attached hydrogens (tertiary/aromatic N) is 2. The highest BCUT2D eigenvalue weighted by Crippen LogP contribution is 2.32. The van der Waals surface area contributed by atoms with Crippen molar-refractivity contribution < 1.29 is 24.7 Å². The fourth-order valence-electron chi connectivity index (χ4n) is 2.61. The molecule has 132 valence electrons. The second-order valence-corrected chi connectivity index (χ2v) is 6.71. The molecule has 1 amide bonds. The van der Waals surface area contributed by atoms with Gasteiger partial charge < -0.3 is 30.9 Å². The van der Waals surface area contributed by atoms with E-state index in [4.69, 9.17) is 10.4 Å². The summed E-state index contributed by atoms with van der Waals surface area (Å²) in [5.74, 6) is -0.755. The van der Waals surface area contributed by atoms with Crippen LogP contribution in [0, 0.1) is 0 Å². The highest BCUT2D eigenvalue weighted by molar-refractivity contribution is 7.11. The lowest BCUT2D eigenvalue weighted by molar-refractivity contribution is -0.120. The molecule has 1 aliphatic rings. The maximum Gasteiger partial charge on any atom is 0.547 e. The van der Waals surface area contributed by atoms with Crippen molar-refractivity contribution in [3.8, 4) is 5.75 Å². The summed E-state index contributed by atoms with van der Waals surface area (Å²) in [4.78, 5) is 12.2. The van der Waals surface area contributed by atoms with E-state index >= 15 is 0 Å². The molecule has 25 heavy (non-hydrogen) atoms. The number of aliphatic hydroxyl groups excluding tert-OH is 1. The number of aliphatic hydroxyl groups is 2. The highest BCUT2D eigenvalue weighted by Gasteiger charge is 2.37. The van der Waals surface area contributed by atoms with Gasteiger partial charge in [-0.05, 0) is 12.0 Å². The van der Waals surface area contributed by atoms with Crippen LogP contribution in [0.1, 0.15) is 27.4 Å². The van der Waals surface area contributed by atoms with Crippen molar-refractivity contribution in [2.45, 2.75) is 31.6 Å². The van der Waals surface area contributed by atoms with Crippen molar-refractivity contribution in [2.24, 2.45) is 5.73 Å². The summed E-state index contributed by atoms with van der Waals surface area (Å²) in [7, 11) is -1.30. The summed E-state index contributed by atoms with van der Waals surface area (Å²) < 4.78 is 5.39. The van der Waals surface area contributed by atoms with Gasteiger partial charge in [-0.2, -0.15) is 0 Å². The second-order valence-electron chi connectivity index (χ2n) is 5.57. The molecule has 0 radical (unpaired) electrons. The fourth-order valence-corrected chi connectivity index (χ4v) is 3.33. The lowest BCUT2D eigenvalue weighted by Crippen LogP contribution is -2.53. The first-order valence-electron chi connectivity index (χ1n) is 7.61. The quantitative estimate of drug-likeness (QED) is 0.323. The first kappa shape index (κ1) is 17.8. The third-order valence-electron chi connectivity index (χ3n) is 3.77. The summed E-state index contributed by atoms with van der Waals surface area (Å²) in [5.41, 5.74) is 6.30. The Morgan fingerprint density at radius 3 is 2.88 bits per heavy atom. The minimum Gasteiger partial charge on any atom is -0.534 e. The van der Waals surface area contributed by atoms with E-state index < -0.39 is 19.3 Å². The number of nitrogens with one attached hydrogen (secondary N) is 1. The van der Waals surface area contributed by atoms with Gasteiger partial charge >= 0.3 is 7.12 Å². The van der Waals surface area contributed by atoms with Crippen molar-refractivity contribution >= 4 is 24.4 Å². The van der Waals surface area contributed by atoms with Gasteiger partial charge in [0.2, 0.25) is 5.91 Å². The van der Waals surface area contributed by atoms with Crippen LogP contribution < -0.4 is 15.7 Å². The van der Waals surface area contributed by atoms with Gasteiger partial charge in [-0.25, -0.2) is 0 Å². The smallest absolute Gasteiger partial charge is 0.534 e. The van der Waals surface area contributed by atoms with Crippen molar-refractivity contribution in [2.75, 3.05) is 0 Å². The molecule has 0 spiro atoms. The van der Waals surface area contributed by atoms with Gasteiger partial charge in [0.1, 0.15) is 15.8 Å². The van der Waals surface area contributed by atoms with E-state index in [1.54, 1.807) is 12.1 Å². The van der Waals surface area contributed by atoms with E-state index in [0.29, 0.717) is 22.0 Å². The Morgan fingerprint density at radius 1 is 1.44 bits per heavy atom. The minimum atomic E-state index is -1.71. The van der Waals surface area contributed by atoms with Crippen molar-refractivity contribution in [3.63, 3.8) is 0 Å². The summed E-state index contributed by atoms with van der Waals surface area (Å²) in [5, 5.41) is 40.5. The molecule has 2 heterocycles. The molecule has 0 saturated heterocycles. The number of carbonyl (C=O) groups is 1. The summed E-state index contributed by atoms with van der Waals surface area (Å²) in [6.07, 6.45) is -1.38. The van der Waals surface area contributed by atoms with E-state index in [2.05, 4.69) is 15.5 Å². The van der Waals surface area contributed by atoms with Crippen LogP contribution in [0.3, 0.4) is 0 Å². The third kappa shape index (κ3) is 3.97. The molecule has 6 N–H and O–H groups in total. The normalized spacial score (nSPS) is 16.5. The number of amides is 1. The van der Waals surface area contributed by atoms with Crippen LogP contribution in [0.4, 0.5) is 0 Å². The van der Waals surface area contributed by atoms with E-state index in [9.17, 15) is 20.0 Å². The van der Waals surface area contributed by atoms with E-state index in [1.165, 1.54) is 17.4 Å². The number of benzene rings is 1. The van der Waals surface area contributed by atoms with Crippen LogP contribution in [0.25, 0.3) is 0 Å². The molecule has 0 saturated carbocycles. The predicted octanol–water partition coefficient (Wildman–Crippen LogP) is -1.34. The van der Waals surface area contributed by atoms with Crippen LogP contribution in [-0.2, 0) is 24.2 Å². The molecule has 0 aliphatic carbocycles. The predicted molar refractivity (Wildman–Crippen MR) is 89.4 cm³/mol. The molecule has 1 aliphatic heterocycles. The molecule has 9 nitrogen and oxygen atoms in total. The van der Waals surface area contributed by atoms with Gasteiger partial charge in [-0.3, -0.25) is 4.79 Å². The second kappa shape index (κ2) is 7.46. The van der Waals surface area contributed by atoms with Gasteiger partial charge in [0.15, 0.2) is 6.29 Å². The van der Waals surface area contributed by atoms with Gasteiger partial charge in [0, 0.05) is 12.1 Å². The maximum absolute atomic E-state index is 12.2. The molecule has 3 rings (SSSR count). The van der Waals surface area contributed by atoms with Crippen molar-refractivity contribution in [3.05, 3.63) is 39.3 Å². The van der Waals surface area contributed by atoms with Crippen LogP contribution in [-0.4, -0.2) is 44.4 Å². The Balaban J connectivity index is 1.67. The van der Waals surface area contributed by atoms with E-state index in [1.807, 2.05) is 0 Å². The molecule has 0 bridgehead atoms. The number of hydrogen-bond donors (Lipinski definition) is 5. The Kier molecular flexibility index (Phi) is 5.30. The summed E-state index contributed by atoms with van der Waals surface area (Å²) in [6.45, 7) is 0.268. The Morgan fingerprint density at radius 2 is 2.20 bits per heavy atom. The Hall–Kier alpha value is -2.05. The SMILES string of the molecule is NCc1nnc(CC(=O)N[C@H]2Cc3cccc(C(O)O)c3OB2O)s1. The monoisotopic (exact) mass is 364 g/mol. The standard InChI is InChI=1S/C14H17BN4O5S/c16-6-12-19-18-11(25-12)5-10(20)17-9-4-7-2-1-3-8(14(21)22)13(7)24-15(9)23/h1-3,9,14,21-23H,4-6,16H2,(H,17,20)/t9-/m0/s1. The Bertz CT molecular complexity index is 771. The van der Waals surface area contributed by atoms with Crippen LogP contribution in [0.5, 0.6) is 5.75 Å². The topological polar surface area (TPSA) is 151 Å². The average molecular weight is 364 g/mol. The van der Waals surface area contributed by atoms with Gasteiger partial charge in [-0.1, -0.05) is 29.5 Å². The number of fused-ring (bicyclic) bond motifs is 1. The summed E-state index contributed by atoms with van der Waals surface area (Å²) >= 11 is 1.26. The number of para-hydroxylation sites is 1. The fraction of sp³-hybridized carbons (Fsp3) is 0.357. The van der Waals surface area contributed by atoms with Crippen molar-refractivity contribution in [1.82, 2.24) is 15.5 Å². The van der Waals surface area contributed by atoms with Crippen LogP contribution in [0.15, 0.2) is 18.2 Å². The van der Waals surface area contributed by atoms with E-state index in [0.717, 1.165) is 0 Å². The lowest BCUT2D eigenvalue weighted by Gasteiger charge is -2.29. The van der Waals surface area contributed by atoms with Gasteiger partial charge in [-0.15, -0.1) is 10.2 Å². The first-order chi connectivity index (χ1) is 12.0. The van der Waals surface area contributed by atoms with Crippen LogP contribution in [0.2, 0.25) is 0 Å². The zero-order valence-electron chi connectivity index (χ0n) is 13.1. The molecule has 1 aromatic heterocycles. The highest BCUT2D eigenvalue weighted by atomic mass is 32.1. The average Bonchev–Trinajstić information content (AvgIpc) is 3.02. The number of rotatable bonds is 5. The largest absolute Gasteiger partial charge is 0.547 e. The molecule has 1 atom stereocenters. The van der Waals surface area contributed by atoms with Gasteiger partial charge in [0.25, 0.3) is 0 Å². The molecular formula is C14H17BN4O5S. The molecule has 11 heteroatoms. The third-order valence-corrected chi connectivity index (χ3v) is 4.71. The Labute approximate surface area is 147 Å². The maximum atomic E-state index is 12.2. The molecular weight excluding hydrogens is 347 g/mol. The van der Waals surface area contributed by atoms with Crippen LogP contribution >= 0.6 is 11.3 Å². The number of carbonyl (C=O) groups excluding carboxylic acids is 1. The molecule has 0 unspecified atom stereocenters. The molecule has 0 fully saturated rings.